The first-order valence-corrected chi connectivity index (χ1v) is 6.81. The molecule has 1 saturated heterocycles. The predicted octanol–water partition coefficient (Wildman–Crippen LogP) is 0.0986. The lowest BCUT2D eigenvalue weighted by Gasteiger charge is -2.33. The molecule has 1 unspecified atom stereocenters. The number of fused-ring (bicyclic) bond motifs is 1. The monoisotopic (exact) mass is 292 g/mol. The Balaban J connectivity index is 1.91. The van der Waals surface area contributed by atoms with E-state index in [1.807, 2.05) is 0 Å². The second kappa shape index (κ2) is 5.71. The van der Waals surface area contributed by atoms with Gasteiger partial charge < -0.3 is 24.8 Å². The molecule has 0 spiro atoms. The van der Waals surface area contributed by atoms with Gasteiger partial charge >= 0.3 is 5.97 Å². The summed E-state index contributed by atoms with van der Waals surface area (Å²) in [6.45, 7) is 2.33. The van der Waals surface area contributed by atoms with Gasteiger partial charge in [-0.1, -0.05) is 6.07 Å². The molecule has 7 nitrogen and oxygen atoms in total. The molecule has 0 aliphatic carbocycles. The zero-order chi connectivity index (χ0) is 14.8. The van der Waals surface area contributed by atoms with Crippen LogP contribution in [0.2, 0.25) is 0 Å². The SMILES string of the molecule is O=C(O)c1cccc2c1OCCN2C(=O)C1CNCCO1. The highest BCUT2D eigenvalue weighted by molar-refractivity contribution is 6.01. The van der Waals surface area contributed by atoms with Crippen LogP contribution in [0.5, 0.6) is 5.75 Å². The van der Waals surface area contributed by atoms with Crippen LogP contribution in [0.1, 0.15) is 10.4 Å². The van der Waals surface area contributed by atoms with Gasteiger partial charge in [0.25, 0.3) is 5.91 Å². The normalized spacial score (nSPS) is 21.3. The minimum absolute atomic E-state index is 0.0627. The van der Waals surface area contributed by atoms with Crippen LogP contribution in [0.3, 0.4) is 0 Å². The van der Waals surface area contributed by atoms with Crippen molar-refractivity contribution in [2.45, 2.75) is 6.10 Å². The van der Waals surface area contributed by atoms with Crippen LogP contribution in [0.4, 0.5) is 5.69 Å². The maximum absolute atomic E-state index is 12.6. The summed E-state index contributed by atoms with van der Waals surface area (Å²) in [7, 11) is 0. The zero-order valence-electron chi connectivity index (χ0n) is 11.4. The van der Waals surface area contributed by atoms with Gasteiger partial charge in [-0.15, -0.1) is 0 Å². The summed E-state index contributed by atoms with van der Waals surface area (Å²) in [5.74, 6) is -1.00. The third-order valence-corrected chi connectivity index (χ3v) is 3.55. The van der Waals surface area contributed by atoms with E-state index in [0.717, 1.165) is 6.54 Å². The lowest BCUT2D eigenvalue weighted by atomic mass is 10.1. The summed E-state index contributed by atoms with van der Waals surface area (Å²) in [5.41, 5.74) is 0.549. The number of rotatable bonds is 2. The Morgan fingerprint density at radius 3 is 2.90 bits per heavy atom. The number of carbonyl (C=O) groups excluding carboxylic acids is 1. The van der Waals surface area contributed by atoms with Gasteiger partial charge in [-0.2, -0.15) is 0 Å². The number of hydrogen-bond acceptors (Lipinski definition) is 5. The second-order valence-electron chi connectivity index (χ2n) is 4.86. The van der Waals surface area contributed by atoms with Crippen molar-refractivity contribution in [2.24, 2.45) is 0 Å². The third kappa shape index (κ3) is 2.57. The molecular formula is C14H16N2O5. The molecule has 1 aromatic rings. The molecule has 0 saturated carbocycles. The summed E-state index contributed by atoms with van der Waals surface area (Å²) in [6, 6.07) is 4.76. The fraction of sp³-hybridized carbons (Fsp3) is 0.429. The average molecular weight is 292 g/mol. The maximum Gasteiger partial charge on any atom is 0.339 e. The van der Waals surface area contributed by atoms with Crippen LogP contribution in [0, 0.1) is 0 Å². The van der Waals surface area contributed by atoms with E-state index in [9.17, 15) is 14.7 Å². The van der Waals surface area contributed by atoms with Gasteiger partial charge in [0.05, 0.1) is 18.8 Å². The Morgan fingerprint density at radius 1 is 1.33 bits per heavy atom. The van der Waals surface area contributed by atoms with Crippen molar-refractivity contribution in [1.82, 2.24) is 5.32 Å². The van der Waals surface area contributed by atoms with Gasteiger partial charge in [-0.25, -0.2) is 4.79 Å². The number of carboxylic acid groups (broad SMARTS) is 1. The number of carbonyl (C=O) groups is 2. The molecule has 2 heterocycles. The molecular weight excluding hydrogens is 276 g/mol. The van der Waals surface area contributed by atoms with Crippen molar-refractivity contribution in [3.63, 3.8) is 0 Å². The molecule has 7 heteroatoms. The number of amides is 1. The molecule has 0 aromatic heterocycles. The van der Waals surface area contributed by atoms with Crippen molar-refractivity contribution in [1.29, 1.82) is 0 Å². The Bertz CT molecular complexity index is 568. The van der Waals surface area contributed by atoms with Crippen LogP contribution in [-0.2, 0) is 9.53 Å². The summed E-state index contributed by atoms with van der Waals surface area (Å²) < 4.78 is 10.9. The molecule has 1 aromatic carbocycles. The first-order valence-electron chi connectivity index (χ1n) is 6.81. The number of benzene rings is 1. The summed E-state index contributed by atoms with van der Waals surface area (Å²) in [5, 5.41) is 12.3. The fourth-order valence-electron chi connectivity index (χ4n) is 2.54. The van der Waals surface area contributed by atoms with Gasteiger partial charge in [0, 0.05) is 13.1 Å². The number of morpholine rings is 1. The molecule has 112 valence electrons. The molecule has 21 heavy (non-hydrogen) atoms. The quantitative estimate of drug-likeness (QED) is 0.803. The van der Waals surface area contributed by atoms with Gasteiger partial charge in [-0.05, 0) is 12.1 Å². The predicted molar refractivity (Wildman–Crippen MR) is 73.9 cm³/mol. The largest absolute Gasteiger partial charge is 0.489 e. The fourth-order valence-corrected chi connectivity index (χ4v) is 2.54. The first kappa shape index (κ1) is 13.8. The maximum atomic E-state index is 12.6. The molecule has 1 amide bonds. The van der Waals surface area contributed by atoms with E-state index in [1.165, 1.54) is 6.07 Å². The van der Waals surface area contributed by atoms with Crippen molar-refractivity contribution >= 4 is 17.6 Å². The van der Waals surface area contributed by atoms with E-state index in [-0.39, 0.29) is 23.8 Å². The van der Waals surface area contributed by atoms with Crippen molar-refractivity contribution < 1.29 is 24.2 Å². The molecule has 2 aliphatic rings. The molecule has 0 radical (unpaired) electrons. The van der Waals surface area contributed by atoms with E-state index < -0.39 is 12.1 Å². The number of nitrogens with zero attached hydrogens (tertiary/aromatic N) is 1. The number of para-hydroxylation sites is 1. The van der Waals surface area contributed by atoms with Crippen LogP contribution in [0.25, 0.3) is 0 Å². The Morgan fingerprint density at radius 2 is 2.19 bits per heavy atom. The number of carboxylic acids is 1. The standard InChI is InChI=1S/C14H16N2O5/c17-13(11-8-15-4-6-20-11)16-5-7-21-12-9(14(18)19)2-1-3-10(12)16/h1-3,11,15H,4-8H2,(H,18,19). The Kier molecular flexibility index (Phi) is 3.76. The topological polar surface area (TPSA) is 88.1 Å². The van der Waals surface area contributed by atoms with Gasteiger partial charge in [-0.3, -0.25) is 4.79 Å². The zero-order valence-corrected chi connectivity index (χ0v) is 11.4. The van der Waals surface area contributed by atoms with E-state index in [1.54, 1.807) is 17.0 Å². The first-order chi connectivity index (χ1) is 10.2. The highest BCUT2D eigenvalue weighted by Crippen LogP contribution is 2.35. The van der Waals surface area contributed by atoms with Crippen LogP contribution in [0.15, 0.2) is 18.2 Å². The molecule has 1 atom stereocenters. The third-order valence-electron chi connectivity index (χ3n) is 3.55. The van der Waals surface area contributed by atoms with E-state index >= 15 is 0 Å². The molecule has 0 bridgehead atoms. The lowest BCUT2D eigenvalue weighted by molar-refractivity contribution is -0.131. The Hall–Kier alpha value is -2.12. The number of anilines is 1. The summed E-state index contributed by atoms with van der Waals surface area (Å²) in [6.07, 6.45) is -0.543. The van der Waals surface area contributed by atoms with Gasteiger partial charge in [0.1, 0.15) is 18.3 Å². The molecule has 1 fully saturated rings. The lowest BCUT2D eigenvalue weighted by Crippen LogP contribution is -2.51. The number of ether oxygens (including phenoxy) is 2. The highest BCUT2D eigenvalue weighted by Gasteiger charge is 2.32. The van der Waals surface area contributed by atoms with E-state index in [0.29, 0.717) is 25.4 Å². The van der Waals surface area contributed by atoms with Crippen LogP contribution >= 0.6 is 0 Å². The minimum Gasteiger partial charge on any atom is -0.489 e. The van der Waals surface area contributed by atoms with Crippen molar-refractivity contribution in [2.75, 3.05) is 37.7 Å². The van der Waals surface area contributed by atoms with E-state index in [2.05, 4.69) is 5.32 Å². The van der Waals surface area contributed by atoms with Crippen LogP contribution in [-0.4, -0.2) is 55.9 Å². The molecule has 3 rings (SSSR count). The van der Waals surface area contributed by atoms with Crippen molar-refractivity contribution in [3.05, 3.63) is 23.8 Å². The van der Waals surface area contributed by atoms with Crippen LogP contribution < -0.4 is 15.0 Å². The number of hydrogen-bond donors (Lipinski definition) is 2. The van der Waals surface area contributed by atoms with Crippen molar-refractivity contribution in [3.8, 4) is 5.75 Å². The Labute approximate surface area is 121 Å². The smallest absolute Gasteiger partial charge is 0.339 e. The van der Waals surface area contributed by atoms with Gasteiger partial charge in [0.2, 0.25) is 0 Å². The molecule has 2 aliphatic heterocycles. The summed E-state index contributed by atoms with van der Waals surface area (Å²) in [4.78, 5) is 25.3. The van der Waals surface area contributed by atoms with E-state index in [4.69, 9.17) is 9.47 Å². The van der Waals surface area contributed by atoms with Gasteiger partial charge in [0.15, 0.2) is 5.75 Å². The minimum atomic E-state index is -1.07. The summed E-state index contributed by atoms with van der Waals surface area (Å²) >= 11 is 0. The average Bonchev–Trinajstić information content (AvgIpc) is 2.53. The number of nitrogens with one attached hydrogen (secondary N) is 1. The number of aromatic carboxylic acids is 1. The second-order valence-corrected chi connectivity index (χ2v) is 4.86. The molecule has 2 N–H and O–H groups in total. The highest BCUT2D eigenvalue weighted by atomic mass is 16.5.